The SMILES string of the molecule is c1ccc(-c2ccc3c(c2)-c2ccccc2C32C3CC4CC(C3)CC2C4)c(-c2ccc(N(c3ccc(-c4ccc5c(c4)oc4ccccc45)cc3)c3ccc4cc5ccccc5cc4c3)cc2)c1. The zero-order valence-electron chi connectivity index (χ0n) is 37.9. The van der Waals surface area contributed by atoms with Crippen molar-refractivity contribution >= 4 is 60.5 Å². The van der Waals surface area contributed by atoms with Crippen molar-refractivity contribution in [2.75, 3.05) is 4.90 Å². The summed E-state index contributed by atoms with van der Waals surface area (Å²) >= 11 is 0. The molecular weight excluding hydrogens is 823 g/mol. The highest BCUT2D eigenvalue weighted by molar-refractivity contribution is 6.06. The van der Waals surface area contributed by atoms with Gasteiger partial charge in [0.25, 0.3) is 0 Å². The summed E-state index contributed by atoms with van der Waals surface area (Å²) in [5.41, 5.74) is 18.8. The summed E-state index contributed by atoms with van der Waals surface area (Å²) in [6.07, 6.45) is 7.10. The van der Waals surface area contributed by atoms with E-state index < -0.39 is 0 Å². The van der Waals surface area contributed by atoms with Gasteiger partial charge in [-0.25, -0.2) is 0 Å². The molecule has 11 aromatic rings. The zero-order valence-corrected chi connectivity index (χ0v) is 37.9. The van der Waals surface area contributed by atoms with E-state index in [9.17, 15) is 0 Å². The fourth-order valence-corrected chi connectivity index (χ4v) is 14.3. The smallest absolute Gasteiger partial charge is 0.136 e. The maximum Gasteiger partial charge on any atom is 0.136 e. The van der Waals surface area contributed by atoms with Gasteiger partial charge in [0.2, 0.25) is 0 Å². The Kier molecular flexibility index (Phi) is 8.28. The molecular formula is C66H49NO. The average molecular weight is 872 g/mol. The van der Waals surface area contributed by atoms with Gasteiger partial charge in [0, 0.05) is 33.2 Å². The van der Waals surface area contributed by atoms with Crippen LogP contribution in [0.3, 0.4) is 0 Å². The van der Waals surface area contributed by atoms with E-state index in [1.807, 2.05) is 12.1 Å². The predicted octanol–water partition coefficient (Wildman–Crippen LogP) is 18.1. The highest BCUT2D eigenvalue weighted by Gasteiger charge is 2.61. The molecule has 0 saturated heterocycles. The topological polar surface area (TPSA) is 16.4 Å². The van der Waals surface area contributed by atoms with Crippen LogP contribution >= 0.6 is 0 Å². The van der Waals surface area contributed by atoms with E-state index >= 15 is 0 Å². The minimum Gasteiger partial charge on any atom is -0.456 e. The van der Waals surface area contributed by atoms with Crippen LogP contribution in [0.15, 0.2) is 217 Å². The maximum atomic E-state index is 6.29. The molecule has 0 radical (unpaired) electrons. The molecule has 68 heavy (non-hydrogen) atoms. The third-order valence-corrected chi connectivity index (χ3v) is 17.0. The van der Waals surface area contributed by atoms with Crippen molar-refractivity contribution in [1.29, 1.82) is 0 Å². The molecule has 1 heterocycles. The first-order chi connectivity index (χ1) is 33.6. The highest BCUT2D eigenvalue weighted by atomic mass is 16.3. The van der Waals surface area contributed by atoms with Crippen LogP contribution in [0.1, 0.15) is 43.2 Å². The first-order valence-corrected chi connectivity index (χ1v) is 24.8. The highest BCUT2D eigenvalue weighted by Crippen LogP contribution is 2.69. The van der Waals surface area contributed by atoms with Gasteiger partial charge in [0.15, 0.2) is 0 Å². The van der Waals surface area contributed by atoms with E-state index in [1.165, 1.54) is 87.0 Å². The number of rotatable bonds is 6. The number of fused-ring (bicyclic) bond motifs is 8. The number of anilines is 3. The molecule has 1 spiro atoms. The number of hydrogen-bond donors (Lipinski definition) is 0. The Morgan fingerprint density at radius 3 is 1.63 bits per heavy atom. The van der Waals surface area contributed by atoms with Gasteiger partial charge in [-0.05, 0) is 206 Å². The molecule has 324 valence electrons. The van der Waals surface area contributed by atoms with E-state index in [0.29, 0.717) is 0 Å². The van der Waals surface area contributed by atoms with Crippen molar-refractivity contribution < 1.29 is 4.42 Å². The van der Waals surface area contributed by atoms with E-state index in [4.69, 9.17) is 4.42 Å². The Labute approximate surface area is 397 Å². The summed E-state index contributed by atoms with van der Waals surface area (Å²) in [6, 6.07) is 79.3. The summed E-state index contributed by atoms with van der Waals surface area (Å²) in [6.45, 7) is 0. The maximum absolute atomic E-state index is 6.29. The number of benzene rings is 10. The van der Waals surface area contributed by atoms with Crippen LogP contribution in [0, 0.1) is 23.7 Å². The van der Waals surface area contributed by atoms with Crippen molar-refractivity contribution in [2.24, 2.45) is 23.7 Å². The van der Waals surface area contributed by atoms with E-state index in [0.717, 1.165) is 73.8 Å². The van der Waals surface area contributed by atoms with Crippen LogP contribution in [0.5, 0.6) is 0 Å². The molecule has 0 atom stereocenters. The van der Waals surface area contributed by atoms with Crippen molar-refractivity contribution in [1.82, 2.24) is 0 Å². The van der Waals surface area contributed by atoms with E-state index in [2.05, 4.69) is 205 Å². The first kappa shape index (κ1) is 38.4. The lowest BCUT2D eigenvalue weighted by Gasteiger charge is -2.61. The summed E-state index contributed by atoms with van der Waals surface area (Å²) in [5.74, 6) is 3.41. The van der Waals surface area contributed by atoms with Crippen LogP contribution in [0.2, 0.25) is 0 Å². The van der Waals surface area contributed by atoms with Gasteiger partial charge in [-0.15, -0.1) is 0 Å². The monoisotopic (exact) mass is 871 g/mol. The molecule has 2 heteroatoms. The van der Waals surface area contributed by atoms with Gasteiger partial charge in [0.1, 0.15) is 11.2 Å². The third kappa shape index (κ3) is 5.70. The third-order valence-electron chi connectivity index (χ3n) is 17.0. The van der Waals surface area contributed by atoms with Gasteiger partial charge < -0.3 is 9.32 Å². The Hall–Kier alpha value is -7.68. The lowest BCUT2D eigenvalue weighted by atomic mass is 9.43. The lowest BCUT2D eigenvalue weighted by Crippen LogP contribution is -2.55. The second kappa shape index (κ2) is 14.7. The van der Waals surface area contributed by atoms with Gasteiger partial charge >= 0.3 is 0 Å². The van der Waals surface area contributed by atoms with Crippen molar-refractivity contribution in [3.63, 3.8) is 0 Å². The molecule has 4 saturated carbocycles. The zero-order chi connectivity index (χ0) is 44.5. The minimum atomic E-state index is 0.183. The first-order valence-electron chi connectivity index (χ1n) is 24.8. The second-order valence-electron chi connectivity index (χ2n) is 20.5. The number of nitrogens with zero attached hydrogens (tertiary/aromatic N) is 1. The minimum absolute atomic E-state index is 0.183. The van der Waals surface area contributed by atoms with Crippen molar-refractivity contribution in [3.05, 3.63) is 223 Å². The van der Waals surface area contributed by atoms with Crippen LogP contribution in [-0.2, 0) is 5.41 Å². The molecule has 4 bridgehead atoms. The average Bonchev–Trinajstić information content (AvgIpc) is 3.91. The molecule has 0 unspecified atom stereocenters. The Morgan fingerprint density at radius 1 is 0.338 bits per heavy atom. The van der Waals surface area contributed by atoms with Gasteiger partial charge in [-0.3, -0.25) is 0 Å². The Balaban J connectivity index is 0.807. The molecule has 0 N–H and O–H groups in total. The van der Waals surface area contributed by atoms with Gasteiger partial charge in [-0.2, -0.15) is 0 Å². The fourth-order valence-electron chi connectivity index (χ4n) is 14.3. The van der Waals surface area contributed by atoms with Crippen LogP contribution in [0.4, 0.5) is 17.1 Å². The summed E-state index contributed by atoms with van der Waals surface area (Å²) in [4.78, 5) is 2.40. The molecule has 16 rings (SSSR count). The number of hydrogen-bond acceptors (Lipinski definition) is 2. The van der Waals surface area contributed by atoms with Crippen LogP contribution < -0.4 is 4.90 Å². The molecule has 2 nitrogen and oxygen atoms in total. The van der Waals surface area contributed by atoms with Crippen molar-refractivity contribution in [2.45, 2.75) is 37.5 Å². The normalized spacial score (nSPS) is 21.0. The molecule has 0 aliphatic heterocycles. The number of furan rings is 1. The molecule has 5 aliphatic rings. The lowest BCUT2D eigenvalue weighted by molar-refractivity contribution is -0.0399. The predicted molar refractivity (Wildman–Crippen MR) is 283 cm³/mol. The Morgan fingerprint density at radius 2 is 0.882 bits per heavy atom. The molecule has 4 fully saturated rings. The van der Waals surface area contributed by atoms with E-state index in [1.54, 1.807) is 11.1 Å². The fraction of sp³-hybridized carbons (Fsp3) is 0.152. The van der Waals surface area contributed by atoms with Crippen LogP contribution in [-0.4, -0.2) is 0 Å². The summed E-state index contributed by atoms with van der Waals surface area (Å²) < 4.78 is 6.29. The van der Waals surface area contributed by atoms with Gasteiger partial charge in [-0.1, -0.05) is 140 Å². The van der Waals surface area contributed by atoms with E-state index in [-0.39, 0.29) is 5.41 Å². The number of para-hydroxylation sites is 1. The largest absolute Gasteiger partial charge is 0.456 e. The molecule has 10 aromatic carbocycles. The van der Waals surface area contributed by atoms with Gasteiger partial charge in [0.05, 0.1) is 0 Å². The quantitative estimate of drug-likeness (QED) is 0.155. The van der Waals surface area contributed by atoms with Crippen LogP contribution in [0.25, 0.3) is 88.0 Å². The Bertz CT molecular complexity index is 3790. The molecule has 5 aliphatic carbocycles. The van der Waals surface area contributed by atoms with Crippen molar-refractivity contribution in [3.8, 4) is 44.5 Å². The second-order valence-corrected chi connectivity index (χ2v) is 20.5. The molecule has 1 aromatic heterocycles. The summed E-state index contributed by atoms with van der Waals surface area (Å²) in [7, 11) is 0. The molecule has 0 amide bonds. The standard InChI is InChI=1S/C66H49NO/c1-2-10-46-37-50-38-55(28-21-47(50)36-45(46)9-1)67(53-24-17-43(18-25-53)48-22-29-60-59-14-6-8-16-64(59)68-65(60)40-48)54-26-19-44(20-27-54)56-11-3-4-12-57(56)49-23-30-63-61(39-49)58-13-5-7-15-62(58)66(63)51-32-41-31-42(34-51)35-52(66)33-41/h1-30,36-42,51-52H,31-35H2. The summed E-state index contributed by atoms with van der Waals surface area (Å²) in [5, 5.41) is 7.26.